The Balaban J connectivity index is 2.66. The van der Waals surface area contributed by atoms with Crippen LogP contribution in [0.1, 0.15) is 34.4 Å². The Bertz CT molecular complexity index is 1360. The third kappa shape index (κ3) is 7.42. The van der Waals surface area contributed by atoms with Gasteiger partial charge in [-0.05, 0) is 29.7 Å². The van der Waals surface area contributed by atoms with Crippen molar-refractivity contribution in [1.29, 1.82) is 10.5 Å². The predicted molar refractivity (Wildman–Crippen MR) is 132 cm³/mol. The number of nitrogens with two attached hydrogens (primary N) is 2. The first-order valence-electron chi connectivity index (χ1n) is 9.90. The molecule has 15 heteroatoms. The van der Waals surface area contributed by atoms with Crippen molar-refractivity contribution in [3.05, 3.63) is 46.5 Å². The van der Waals surface area contributed by atoms with E-state index in [9.17, 15) is 28.3 Å². The molecule has 0 unspecified atom stereocenters. The smallest absolute Gasteiger partial charge is 0.306 e. The second kappa shape index (κ2) is 11.1. The van der Waals surface area contributed by atoms with Crippen molar-refractivity contribution in [3.63, 3.8) is 0 Å². The standard InChI is InChI=1S/C20H24N7O5PS2/c1-5-14-15(10-21)18(27(2)3)25-20(16(14)11-22)34-17(19(28)26-33(23,24)29)12-6-8-13(9-7-12)32-35(4,30)31/h6-9,17H,5H2,1-4H3,(H5,23,24,26,28,29)/t17-/m1/s1. The van der Waals surface area contributed by atoms with Crippen LogP contribution in [-0.2, 0) is 25.9 Å². The minimum absolute atomic E-state index is 0.0149. The Labute approximate surface area is 207 Å². The maximum atomic E-state index is 13.0. The molecule has 1 heterocycles. The van der Waals surface area contributed by atoms with Crippen LogP contribution in [0, 0.1) is 22.7 Å². The zero-order valence-electron chi connectivity index (χ0n) is 19.3. The Morgan fingerprint density at radius 2 is 1.80 bits per heavy atom. The van der Waals surface area contributed by atoms with Gasteiger partial charge in [-0.2, -0.15) is 18.9 Å². The minimum atomic E-state index is -3.96. The van der Waals surface area contributed by atoms with Crippen molar-refractivity contribution >= 4 is 41.2 Å². The molecule has 0 radical (unpaired) electrons. The summed E-state index contributed by atoms with van der Waals surface area (Å²) in [5.74, 6) is -0.494. The molecule has 1 aromatic carbocycles. The highest BCUT2D eigenvalue weighted by Crippen LogP contribution is 2.41. The van der Waals surface area contributed by atoms with Gasteiger partial charge < -0.3 is 9.08 Å². The summed E-state index contributed by atoms with van der Waals surface area (Å²) < 4.78 is 39.5. The van der Waals surface area contributed by atoms with Crippen LogP contribution in [0.2, 0.25) is 0 Å². The molecule has 35 heavy (non-hydrogen) atoms. The third-order valence-electron chi connectivity index (χ3n) is 4.43. The number of nitriles is 2. The van der Waals surface area contributed by atoms with Crippen LogP contribution in [0.3, 0.4) is 0 Å². The zero-order chi connectivity index (χ0) is 26.6. The highest BCUT2D eigenvalue weighted by atomic mass is 32.2. The summed E-state index contributed by atoms with van der Waals surface area (Å²) in [6.07, 6.45) is 1.25. The van der Waals surface area contributed by atoms with Crippen LogP contribution in [-0.4, -0.2) is 39.7 Å². The zero-order valence-corrected chi connectivity index (χ0v) is 21.9. The first-order valence-corrected chi connectivity index (χ1v) is 14.4. The highest BCUT2D eigenvalue weighted by molar-refractivity contribution is 8.00. The summed E-state index contributed by atoms with van der Waals surface area (Å²) >= 11 is 0.868. The molecule has 0 saturated heterocycles. The number of hydrogen-bond donors (Lipinski definition) is 3. The number of nitrogens with one attached hydrogen (secondary N) is 1. The second-order valence-corrected chi connectivity index (χ2v) is 11.8. The van der Waals surface area contributed by atoms with Crippen LogP contribution in [0.5, 0.6) is 5.75 Å². The summed E-state index contributed by atoms with van der Waals surface area (Å²) in [5, 5.41) is 20.6. The Morgan fingerprint density at radius 3 is 2.23 bits per heavy atom. The number of thioether (sulfide) groups is 1. The van der Waals surface area contributed by atoms with Gasteiger partial charge >= 0.3 is 10.1 Å². The SMILES string of the molecule is CCc1c(C#N)c(S[C@@H](C(=O)NP(N)(N)=O)c2ccc(OS(C)(=O)=O)cc2)nc(N(C)C)c1C#N. The lowest BCUT2D eigenvalue weighted by atomic mass is 10.0. The average molecular weight is 538 g/mol. The number of hydrogen-bond acceptors (Lipinski definition) is 10. The quantitative estimate of drug-likeness (QED) is 0.238. The minimum Gasteiger partial charge on any atom is -0.383 e. The van der Waals surface area contributed by atoms with Crippen molar-refractivity contribution < 1.29 is 22.0 Å². The van der Waals surface area contributed by atoms with Crippen molar-refractivity contribution in [2.75, 3.05) is 25.3 Å². The van der Waals surface area contributed by atoms with Crippen molar-refractivity contribution in [2.24, 2.45) is 11.0 Å². The lowest BCUT2D eigenvalue weighted by Crippen LogP contribution is -2.31. The lowest BCUT2D eigenvalue weighted by Gasteiger charge is -2.22. The van der Waals surface area contributed by atoms with Gasteiger partial charge in [0.25, 0.3) is 7.59 Å². The van der Waals surface area contributed by atoms with E-state index in [1.54, 1.807) is 25.9 Å². The molecule has 186 valence electrons. The molecule has 2 aromatic rings. The van der Waals surface area contributed by atoms with E-state index >= 15 is 0 Å². The lowest BCUT2D eigenvalue weighted by molar-refractivity contribution is -0.119. The average Bonchev–Trinajstić information content (AvgIpc) is 2.74. The molecule has 1 aromatic heterocycles. The maximum absolute atomic E-state index is 13.0. The van der Waals surface area contributed by atoms with E-state index in [2.05, 4.69) is 22.2 Å². The van der Waals surface area contributed by atoms with Gasteiger partial charge in [0, 0.05) is 14.1 Å². The fourth-order valence-electron chi connectivity index (χ4n) is 3.08. The number of pyridine rings is 1. The summed E-state index contributed by atoms with van der Waals surface area (Å²) in [6, 6.07) is 9.67. The Kier molecular flexibility index (Phi) is 8.89. The molecule has 0 aliphatic rings. The molecule has 1 amide bonds. The molecular weight excluding hydrogens is 513 g/mol. The molecule has 0 aliphatic heterocycles. The highest BCUT2D eigenvalue weighted by Gasteiger charge is 2.29. The van der Waals surface area contributed by atoms with Crippen LogP contribution in [0.4, 0.5) is 5.82 Å². The molecular formula is C20H24N7O5PS2. The van der Waals surface area contributed by atoms with Gasteiger partial charge in [-0.15, -0.1) is 0 Å². The van der Waals surface area contributed by atoms with Gasteiger partial charge in [0.05, 0.1) is 17.4 Å². The second-order valence-electron chi connectivity index (χ2n) is 7.48. The van der Waals surface area contributed by atoms with Crippen molar-refractivity contribution in [1.82, 2.24) is 10.1 Å². The van der Waals surface area contributed by atoms with Gasteiger partial charge in [-0.1, -0.05) is 30.8 Å². The van der Waals surface area contributed by atoms with Crippen LogP contribution in [0.15, 0.2) is 29.3 Å². The molecule has 0 spiro atoms. The van der Waals surface area contributed by atoms with Crippen molar-refractivity contribution in [3.8, 4) is 17.9 Å². The largest absolute Gasteiger partial charge is 0.383 e. The van der Waals surface area contributed by atoms with E-state index in [4.69, 9.17) is 15.2 Å². The third-order valence-corrected chi connectivity index (χ3v) is 6.74. The van der Waals surface area contributed by atoms with E-state index in [1.165, 1.54) is 24.3 Å². The molecule has 5 N–H and O–H groups in total. The van der Waals surface area contributed by atoms with Gasteiger partial charge in [-0.25, -0.2) is 4.98 Å². The van der Waals surface area contributed by atoms with Crippen LogP contribution >= 0.6 is 19.4 Å². The number of carbonyl (C=O) groups excluding carboxylic acids is 1. The van der Waals surface area contributed by atoms with Crippen LogP contribution < -0.4 is 25.2 Å². The Morgan fingerprint density at radius 1 is 1.23 bits per heavy atom. The fourth-order valence-corrected chi connectivity index (χ4v) is 5.21. The van der Waals surface area contributed by atoms with Gasteiger partial charge in [0.1, 0.15) is 34.0 Å². The van der Waals surface area contributed by atoms with E-state index < -0.39 is 28.9 Å². The van der Waals surface area contributed by atoms with E-state index in [-0.39, 0.29) is 21.9 Å². The number of aromatic nitrogens is 1. The van der Waals surface area contributed by atoms with Gasteiger partial charge in [-0.3, -0.25) is 25.5 Å². The van der Waals surface area contributed by atoms with Crippen molar-refractivity contribution in [2.45, 2.75) is 23.6 Å². The first-order chi connectivity index (χ1) is 16.2. The number of rotatable bonds is 9. The number of carbonyl (C=O) groups is 1. The summed E-state index contributed by atoms with van der Waals surface area (Å²) in [4.78, 5) is 19.1. The molecule has 0 aliphatic carbocycles. The number of anilines is 1. The van der Waals surface area contributed by atoms with E-state index in [0.29, 0.717) is 23.4 Å². The van der Waals surface area contributed by atoms with E-state index in [1.807, 2.05) is 0 Å². The van der Waals surface area contributed by atoms with E-state index in [0.717, 1.165) is 18.0 Å². The molecule has 1 atom stereocenters. The fraction of sp³-hybridized carbons (Fsp3) is 0.300. The predicted octanol–water partition coefficient (Wildman–Crippen LogP) is 1.77. The molecule has 12 nitrogen and oxygen atoms in total. The van der Waals surface area contributed by atoms with Crippen LogP contribution in [0.25, 0.3) is 0 Å². The first kappa shape index (κ1) is 28.1. The molecule has 0 fully saturated rings. The monoisotopic (exact) mass is 537 g/mol. The molecule has 0 saturated carbocycles. The Hall–Kier alpha value is -3.13. The normalized spacial score (nSPS) is 12.2. The topological polar surface area (TPSA) is 205 Å². The summed E-state index contributed by atoms with van der Waals surface area (Å²) in [6.45, 7) is 1.79. The van der Waals surface area contributed by atoms with Gasteiger partial charge in [0.2, 0.25) is 5.91 Å². The molecule has 2 rings (SSSR count). The number of amides is 1. The van der Waals surface area contributed by atoms with Gasteiger partial charge in [0.15, 0.2) is 0 Å². The maximum Gasteiger partial charge on any atom is 0.306 e. The number of benzene rings is 1. The summed E-state index contributed by atoms with van der Waals surface area (Å²) in [7, 11) is -4.36. The summed E-state index contributed by atoms with van der Waals surface area (Å²) in [5.41, 5.74) is 11.8. The molecule has 0 bridgehead atoms. The number of nitrogens with zero attached hydrogens (tertiary/aromatic N) is 4.